The van der Waals surface area contributed by atoms with Crippen molar-refractivity contribution in [2.45, 2.75) is 26.6 Å². The van der Waals surface area contributed by atoms with Gasteiger partial charge in [0.05, 0.1) is 13.0 Å². The molecule has 0 aliphatic carbocycles. The number of benzene rings is 1. The highest BCUT2D eigenvalue weighted by molar-refractivity contribution is 7.80. The van der Waals surface area contributed by atoms with Crippen LogP contribution in [0.1, 0.15) is 19.4 Å². The van der Waals surface area contributed by atoms with Crippen molar-refractivity contribution in [1.29, 1.82) is 0 Å². The maximum Gasteiger partial charge on any atom is 0.242 e. The van der Waals surface area contributed by atoms with Gasteiger partial charge in [-0.15, -0.1) is 0 Å². The molecule has 0 spiro atoms. The minimum atomic E-state index is -0.380. The minimum Gasteiger partial charge on any atom is -0.356 e. The summed E-state index contributed by atoms with van der Waals surface area (Å²) in [6.45, 7) is 5.26. The van der Waals surface area contributed by atoms with Gasteiger partial charge in [-0.3, -0.25) is 15.6 Å². The maximum atomic E-state index is 11.8. The molecular formula is C15H22ClN3O3S. The zero-order valence-corrected chi connectivity index (χ0v) is 14.8. The Hall–Kier alpha value is -1.41. The number of halogens is 1. The molecule has 0 aromatic heterocycles. The molecule has 1 aromatic rings. The Labute approximate surface area is 146 Å². The largest absolute Gasteiger partial charge is 0.356 e. The second-order valence-electron chi connectivity index (χ2n) is 4.53. The van der Waals surface area contributed by atoms with E-state index in [0.29, 0.717) is 29.9 Å². The van der Waals surface area contributed by atoms with E-state index in [1.807, 2.05) is 13.8 Å². The van der Waals surface area contributed by atoms with Crippen molar-refractivity contribution in [3.63, 3.8) is 0 Å². The van der Waals surface area contributed by atoms with Crippen LogP contribution in [0.3, 0.4) is 0 Å². The summed E-state index contributed by atoms with van der Waals surface area (Å²) in [4.78, 5) is 11.8. The smallest absolute Gasteiger partial charge is 0.242 e. The Morgan fingerprint density at radius 1 is 1.17 bits per heavy atom. The van der Waals surface area contributed by atoms with Crippen molar-refractivity contribution < 1.29 is 14.3 Å². The maximum absolute atomic E-state index is 11.8. The first kappa shape index (κ1) is 19.6. The summed E-state index contributed by atoms with van der Waals surface area (Å²) in [5.41, 5.74) is 6.02. The number of hydrogen-bond acceptors (Lipinski definition) is 4. The van der Waals surface area contributed by atoms with Crippen LogP contribution >= 0.6 is 23.8 Å². The van der Waals surface area contributed by atoms with Gasteiger partial charge in [-0.05, 0) is 43.8 Å². The lowest BCUT2D eigenvalue weighted by atomic mass is 10.1. The Kier molecular flexibility index (Phi) is 9.54. The van der Waals surface area contributed by atoms with E-state index in [4.69, 9.17) is 33.3 Å². The van der Waals surface area contributed by atoms with Crippen LogP contribution in [-0.4, -0.2) is 37.1 Å². The molecule has 6 nitrogen and oxygen atoms in total. The molecule has 1 amide bonds. The van der Waals surface area contributed by atoms with E-state index in [2.05, 4.69) is 16.2 Å². The third-order valence-corrected chi connectivity index (χ3v) is 3.23. The van der Waals surface area contributed by atoms with Crippen LogP contribution in [0, 0.1) is 0 Å². The van der Waals surface area contributed by atoms with Gasteiger partial charge in [0.25, 0.3) is 0 Å². The van der Waals surface area contributed by atoms with Crippen LogP contribution in [0.25, 0.3) is 0 Å². The number of rotatable bonds is 8. The average Bonchev–Trinajstić information content (AvgIpc) is 2.53. The predicted octanol–water partition coefficient (Wildman–Crippen LogP) is 1.78. The number of thiocarbonyl (C=S) groups is 1. The van der Waals surface area contributed by atoms with Crippen molar-refractivity contribution >= 4 is 34.8 Å². The molecule has 0 atom stereocenters. The van der Waals surface area contributed by atoms with Gasteiger partial charge in [-0.25, -0.2) is 0 Å². The molecule has 0 unspecified atom stereocenters. The van der Waals surface area contributed by atoms with Crippen LogP contribution in [0.2, 0.25) is 5.02 Å². The summed E-state index contributed by atoms with van der Waals surface area (Å²) in [6.07, 6.45) is -0.151. The highest BCUT2D eigenvalue weighted by Gasteiger charge is 2.09. The SMILES string of the molecule is CCOC(CNC(=S)NNC(=O)Cc1ccc(Cl)cc1)OCC. The Balaban J connectivity index is 2.26. The first-order chi connectivity index (χ1) is 11.0. The van der Waals surface area contributed by atoms with Crippen LogP contribution < -0.4 is 16.2 Å². The molecule has 0 saturated heterocycles. The fraction of sp³-hybridized carbons (Fsp3) is 0.467. The average molecular weight is 360 g/mol. The quantitative estimate of drug-likeness (QED) is 0.373. The van der Waals surface area contributed by atoms with E-state index in [1.54, 1.807) is 24.3 Å². The molecule has 3 N–H and O–H groups in total. The number of nitrogens with one attached hydrogen (secondary N) is 3. The second kappa shape index (κ2) is 11.2. The fourth-order valence-electron chi connectivity index (χ4n) is 1.72. The molecule has 8 heteroatoms. The predicted molar refractivity (Wildman–Crippen MR) is 94.1 cm³/mol. The summed E-state index contributed by atoms with van der Waals surface area (Å²) in [7, 11) is 0. The molecule has 0 radical (unpaired) electrons. The standard InChI is InChI=1S/C15H22ClN3O3S/c1-3-21-14(22-4-2)10-17-15(23)19-18-13(20)9-11-5-7-12(16)8-6-11/h5-8,14H,3-4,9-10H2,1-2H3,(H,18,20)(H2,17,19,23). The third kappa shape index (κ3) is 8.71. The zero-order valence-electron chi connectivity index (χ0n) is 13.2. The van der Waals surface area contributed by atoms with Crippen molar-refractivity contribution in [2.75, 3.05) is 19.8 Å². The van der Waals surface area contributed by atoms with Gasteiger partial charge in [0, 0.05) is 18.2 Å². The highest BCUT2D eigenvalue weighted by Crippen LogP contribution is 2.09. The second-order valence-corrected chi connectivity index (χ2v) is 5.37. The van der Waals surface area contributed by atoms with Crippen LogP contribution in [0.4, 0.5) is 0 Å². The molecule has 1 aromatic carbocycles. The number of amides is 1. The molecular weight excluding hydrogens is 338 g/mol. The first-order valence-corrected chi connectivity index (χ1v) is 8.14. The molecule has 0 aliphatic rings. The molecule has 1 rings (SSSR count). The summed E-state index contributed by atoms with van der Waals surface area (Å²) in [5.74, 6) is -0.206. The van der Waals surface area contributed by atoms with Crippen molar-refractivity contribution in [3.05, 3.63) is 34.9 Å². The third-order valence-electron chi connectivity index (χ3n) is 2.73. The molecule has 0 saturated carbocycles. The Morgan fingerprint density at radius 3 is 2.35 bits per heavy atom. The minimum absolute atomic E-state index is 0.206. The van der Waals surface area contributed by atoms with Crippen LogP contribution in [-0.2, 0) is 20.7 Å². The van der Waals surface area contributed by atoms with Gasteiger partial charge in [0.2, 0.25) is 5.91 Å². The van der Waals surface area contributed by atoms with Gasteiger partial charge in [0.15, 0.2) is 11.4 Å². The van der Waals surface area contributed by atoms with E-state index in [-0.39, 0.29) is 18.6 Å². The number of hydrogen-bond donors (Lipinski definition) is 3. The van der Waals surface area contributed by atoms with Gasteiger partial charge < -0.3 is 14.8 Å². The number of hydrazine groups is 1. The lowest BCUT2D eigenvalue weighted by Gasteiger charge is -2.18. The summed E-state index contributed by atoms with van der Waals surface area (Å²) >= 11 is 10.9. The van der Waals surface area contributed by atoms with Crippen molar-refractivity contribution in [2.24, 2.45) is 0 Å². The fourth-order valence-corrected chi connectivity index (χ4v) is 1.98. The zero-order chi connectivity index (χ0) is 17.1. The lowest BCUT2D eigenvalue weighted by molar-refractivity contribution is -0.131. The van der Waals surface area contributed by atoms with E-state index in [1.165, 1.54) is 0 Å². The van der Waals surface area contributed by atoms with Gasteiger partial charge in [-0.2, -0.15) is 0 Å². The molecule has 0 heterocycles. The van der Waals surface area contributed by atoms with Gasteiger partial charge in [-0.1, -0.05) is 23.7 Å². The first-order valence-electron chi connectivity index (χ1n) is 7.35. The number of ether oxygens (including phenoxy) is 2. The van der Waals surface area contributed by atoms with Gasteiger partial charge >= 0.3 is 0 Å². The molecule has 23 heavy (non-hydrogen) atoms. The lowest BCUT2D eigenvalue weighted by Crippen LogP contribution is -2.49. The highest BCUT2D eigenvalue weighted by atomic mass is 35.5. The van der Waals surface area contributed by atoms with Crippen molar-refractivity contribution in [3.8, 4) is 0 Å². The monoisotopic (exact) mass is 359 g/mol. The van der Waals surface area contributed by atoms with Gasteiger partial charge in [0.1, 0.15) is 0 Å². The number of carbonyl (C=O) groups excluding carboxylic acids is 1. The summed E-state index contributed by atoms with van der Waals surface area (Å²) in [6, 6.07) is 7.08. The topological polar surface area (TPSA) is 71.6 Å². The summed E-state index contributed by atoms with van der Waals surface area (Å²) < 4.78 is 10.8. The van der Waals surface area contributed by atoms with Crippen molar-refractivity contribution in [1.82, 2.24) is 16.2 Å². The van der Waals surface area contributed by atoms with Crippen LogP contribution in [0.5, 0.6) is 0 Å². The Bertz CT molecular complexity index is 493. The summed E-state index contributed by atoms with van der Waals surface area (Å²) in [5, 5.41) is 3.84. The molecule has 0 bridgehead atoms. The molecule has 0 fully saturated rings. The van der Waals surface area contributed by atoms with E-state index < -0.39 is 0 Å². The van der Waals surface area contributed by atoms with Crippen LogP contribution in [0.15, 0.2) is 24.3 Å². The van der Waals surface area contributed by atoms with E-state index >= 15 is 0 Å². The normalized spacial score (nSPS) is 10.4. The molecule has 128 valence electrons. The number of carbonyl (C=O) groups is 1. The Morgan fingerprint density at radius 2 is 1.78 bits per heavy atom. The van der Waals surface area contributed by atoms with E-state index in [9.17, 15) is 4.79 Å². The molecule has 0 aliphatic heterocycles. The van der Waals surface area contributed by atoms with E-state index in [0.717, 1.165) is 5.56 Å².